The summed E-state index contributed by atoms with van der Waals surface area (Å²) in [5.74, 6) is 0.688. The molecule has 1 unspecified atom stereocenters. The van der Waals surface area contributed by atoms with Gasteiger partial charge >= 0.3 is 0 Å². The molecule has 1 aliphatic heterocycles. The number of hydrogen-bond acceptors (Lipinski definition) is 8. The molecule has 35 heavy (non-hydrogen) atoms. The predicted octanol–water partition coefficient (Wildman–Crippen LogP) is 5.30. The fraction of sp³-hybridized carbons (Fsp3) is 0.240. The van der Waals surface area contributed by atoms with E-state index in [1.165, 1.54) is 37.6 Å². The van der Waals surface area contributed by atoms with E-state index in [0.29, 0.717) is 33.0 Å². The van der Waals surface area contributed by atoms with Gasteiger partial charge in [-0.1, -0.05) is 11.6 Å². The van der Waals surface area contributed by atoms with Gasteiger partial charge in [-0.25, -0.2) is 4.98 Å². The van der Waals surface area contributed by atoms with Crippen molar-refractivity contribution < 1.29 is 23.4 Å². The Morgan fingerprint density at radius 1 is 1.03 bits per heavy atom. The summed E-state index contributed by atoms with van der Waals surface area (Å²) >= 11 is 7.53. The first-order valence-corrected chi connectivity index (χ1v) is 11.8. The van der Waals surface area contributed by atoms with E-state index in [1.807, 2.05) is 13.8 Å². The molecular formula is C25H21ClN2O6S. The molecule has 1 atom stereocenters. The average molecular weight is 513 g/mol. The topological polar surface area (TPSA) is 91.1 Å². The third-order valence-corrected chi connectivity index (χ3v) is 7.37. The zero-order valence-corrected chi connectivity index (χ0v) is 21.2. The van der Waals surface area contributed by atoms with Crippen molar-refractivity contribution in [2.45, 2.75) is 19.9 Å². The van der Waals surface area contributed by atoms with Gasteiger partial charge < -0.3 is 18.6 Å². The Labute approximate surface area is 209 Å². The molecule has 8 nitrogen and oxygen atoms in total. The lowest BCUT2D eigenvalue weighted by Crippen LogP contribution is -2.29. The standard InChI is InChI=1S/C25H21ClN2O6S/c1-11-12(2)35-25(27-11)28-20(13-8-17(31-3)22(33-5)18(9-13)32-4)19-21(29)15-10-14(26)6-7-16(15)34-23(19)24(28)30/h6-10,20H,1-5H3. The summed E-state index contributed by atoms with van der Waals surface area (Å²) in [6, 6.07) is 7.34. The minimum Gasteiger partial charge on any atom is -0.493 e. The maximum Gasteiger partial charge on any atom is 0.297 e. The Morgan fingerprint density at radius 2 is 1.71 bits per heavy atom. The quantitative estimate of drug-likeness (QED) is 0.358. The van der Waals surface area contributed by atoms with Crippen molar-refractivity contribution in [3.8, 4) is 17.2 Å². The molecule has 2 aromatic carbocycles. The van der Waals surface area contributed by atoms with E-state index in [2.05, 4.69) is 4.98 Å². The molecule has 0 saturated carbocycles. The van der Waals surface area contributed by atoms with Gasteiger partial charge in [0.1, 0.15) is 5.58 Å². The van der Waals surface area contributed by atoms with E-state index in [0.717, 1.165) is 10.6 Å². The van der Waals surface area contributed by atoms with Crippen molar-refractivity contribution >= 4 is 44.9 Å². The van der Waals surface area contributed by atoms with Crippen molar-refractivity contribution in [1.82, 2.24) is 4.98 Å². The van der Waals surface area contributed by atoms with E-state index < -0.39 is 11.9 Å². The molecule has 0 N–H and O–H groups in total. The molecule has 0 saturated heterocycles. The lowest BCUT2D eigenvalue weighted by Gasteiger charge is -2.24. The SMILES string of the molecule is COc1cc(C2c3c(oc4ccc(Cl)cc4c3=O)C(=O)N2c2nc(C)c(C)s2)cc(OC)c1OC. The first-order valence-electron chi connectivity index (χ1n) is 10.6. The van der Waals surface area contributed by atoms with Crippen LogP contribution in [0.25, 0.3) is 11.0 Å². The fourth-order valence-corrected chi connectivity index (χ4v) is 5.38. The van der Waals surface area contributed by atoms with Crippen LogP contribution < -0.4 is 24.5 Å². The van der Waals surface area contributed by atoms with Gasteiger partial charge in [0.15, 0.2) is 22.1 Å². The number of ether oxygens (including phenoxy) is 3. The van der Waals surface area contributed by atoms with Gasteiger partial charge in [-0.15, -0.1) is 11.3 Å². The lowest BCUT2D eigenvalue weighted by atomic mass is 9.98. The number of rotatable bonds is 5. The van der Waals surface area contributed by atoms with Gasteiger partial charge in [-0.3, -0.25) is 14.5 Å². The Morgan fingerprint density at radius 3 is 2.29 bits per heavy atom. The van der Waals surface area contributed by atoms with Crippen molar-refractivity contribution in [2.75, 3.05) is 26.2 Å². The summed E-state index contributed by atoms with van der Waals surface area (Å²) in [7, 11) is 4.51. The van der Waals surface area contributed by atoms with Crippen LogP contribution in [0.2, 0.25) is 5.02 Å². The molecule has 5 rings (SSSR count). The molecule has 4 aromatic rings. The van der Waals surface area contributed by atoms with E-state index in [-0.39, 0.29) is 27.7 Å². The number of hydrogen-bond donors (Lipinski definition) is 0. The summed E-state index contributed by atoms with van der Waals surface area (Å²) in [6.45, 7) is 3.80. The monoisotopic (exact) mass is 512 g/mol. The number of methoxy groups -OCH3 is 3. The van der Waals surface area contributed by atoms with E-state index >= 15 is 0 Å². The number of anilines is 1. The van der Waals surface area contributed by atoms with Crippen LogP contribution in [0.15, 0.2) is 39.5 Å². The first-order chi connectivity index (χ1) is 16.8. The van der Waals surface area contributed by atoms with Crippen LogP contribution in [-0.4, -0.2) is 32.2 Å². The summed E-state index contributed by atoms with van der Waals surface area (Å²) in [6.07, 6.45) is 0. The largest absolute Gasteiger partial charge is 0.493 e. The number of halogens is 1. The first kappa shape index (κ1) is 23.2. The number of carbonyl (C=O) groups is 1. The molecule has 180 valence electrons. The van der Waals surface area contributed by atoms with E-state index in [9.17, 15) is 9.59 Å². The number of aromatic nitrogens is 1. The maximum absolute atomic E-state index is 13.8. The summed E-state index contributed by atoms with van der Waals surface area (Å²) in [5, 5.41) is 1.13. The Balaban J connectivity index is 1.85. The second-order valence-electron chi connectivity index (χ2n) is 7.99. The van der Waals surface area contributed by atoms with Crippen molar-refractivity contribution in [1.29, 1.82) is 0 Å². The summed E-state index contributed by atoms with van der Waals surface area (Å²) in [5.41, 5.74) is 1.51. The fourth-order valence-electron chi connectivity index (χ4n) is 4.28. The molecule has 0 aliphatic carbocycles. The average Bonchev–Trinajstić information content (AvgIpc) is 3.34. The van der Waals surface area contributed by atoms with Gasteiger partial charge in [0.05, 0.1) is 44.0 Å². The molecule has 1 amide bonds. The number of thiazole rings is 1. The number of fused-ring (bicyclic) bond motifs is 2. The van der Waals surface area contributed by atoms with Crippen LogP contribution in [0, 0.1) is 13.8 Å². The van der Waals surface area contributed by atoms with Crippen molar-refractivity contribution in [3.05, 3.63) is 73.0 Å². The molecule has 1 aliphatic rings. The third kappa shape index (κ3) is 3.54. The van der Waals surface area contributed by atoms with Crippen molar-refractivity contribution in [2.24, 2.45) is 0 Å². The van der Waals surface area contributed by atoms with E-state index in [1.54, 1.807) is 30.3 Å². The van der Waals surface area contributed by atoms with E-state index in [4.69, 9.17) is 30.2 Å². The minimum atomic E-state index is -0.837. The second-order valence-corrected chi connectivity index (χ2v) is 9.61. The molecule has 0 fully saturated rings. The number of carbonyl (C=O) groups excluding carboxylic acids is 1. The minimum absolute atomic E-state index is 0.0333. The second kappa shape index (κ2) is 8.58. The molecule has 0 bridgehead atoms. The third-order valence-electron chi connectivity index (χ3n) is 6.06. The predicted molar refractivity (Wildman–Crippen MR) is 134 cm³/mol. The van der Waals surface area contributed by atoms with Crippen LogP contribution in [-0.2, 0) is 0 Å². The van der Waals surface area contributed by atoms with Crippen LogP contribution in [0.3, 0.4) is 0 Å². The van der Waals surface area contributed by atoms with Crippen LogP contribution in [0.5, 0.6) is 17.2 Å². The molecular weight excluding hydrogens is 492 g/mol. The number of nitrogens with zero attached hydrogens (tertiary/aromatic N) is 2. The molecule has 2 aromatic heterocycles. The Hall–Kier alpha value is -3.56. The smallest absolute Gasteiger partial charge is 0.297 e. The molecule has 10 heteroatoms. The molecule has 3 heterocycles. The van der Waals surface area contributed by atoms with Crippen LogP contribution >= 0.6 is 22.9 Å². The molecule has 0 radical (unpaired) electrons. The summed E-state index contributed by atoms with van der Waals surface area (Å²) < 4.78 is 22.5. The van der Waals surface area contributed by atoms with Gasteiger partial charge in [-0.2, -0.15) is 0 Å². The highest BCUT2D eigenvalue weighted by molar-refractivity contribution is 7.15. The summed E-state index contributed by atoms with van der Waals surface area (Å²) in [4.78, 5) is 34.6. The van der Waals surface area contributed by atoms with Crippen molar-refractivity contribution in [3.63, 3.8) is 0 Å². The zero-order valence-electron chi connectivity index (χ0n) is 19.6. The maximum atomic E-state index is 13.8. The number of aryl methyl sites for hydroxylation is 2. The van der Waals surface area contributed by atoms with Crippen LogP contribution in [0.4, 0.5) is 5.13 Å². The zero-order chi connectivity index (χ0) is 25.0. The molecule has 0 spiro atoms. The number of benzene rings is 2. The Kier molecular flexibility index (Phi) is 5.69. The van der Waals surface area contributed by atoms with Gasteiger partial charge in [0.2, 0.25) is 11.5 Å². The Bertz CT molecular complexity index is 1520. The highest BCUT2D eigenvalue weighted by atomic mass is 35.5. The highest BCUT2D eigenvalue weighted by Gasteiger charge is 2.45. The van der Waals surface area contributed by atoms with Gasteiger partial charge in [0.25, 0.3) is 5.91 Å². The normalized spacial score (nSPS) is 15.0. The van der Waals surface area contributed by atoms with Gasteiger partial charge in [-0.05, 0) is 49.7 Å². The lowest BCUT2D eigenvalue weighted by molar-refractivity contribution is 0.0971. The highest BCUT2D eigenvalue weighted by Crippen LogP contribution is 2.47. The van der Waals surface area contributed by atoms with Crippen LogP contribution in [0.1, 0.15) is 38.3 Å². The van der Waals surface area contributed by atoms with Gasteiger partial charge in [0, 0.05) is 9.90 Å². The number of amides is 1.